The van der Waals surface area contributed by atoms with Gasteiger partial charge in [0.05, 0.1) is 18.2 Å². The topological polar surface area (TPSA) is 109 Å². The van der Waals surface area contributed by atoms with E-state index in [9.17, 15) is 9.59 Å². The number of hydrogen-bond acceptors (Lipinski definition) is 3. The highest BCUT2D eigenvalue weighted by atomic mass is 16.4. The molecule has 0 atom stereocenters. The average molecular weight is 250 g/mol. The summed E-state index contributed by atoms with van der Waals surface area (Å²) in [7, 11) is 1.53. The van der Waals surface area contributed by atoms with Gasteiger partial charge in [0.1, 0.15) is 5.69 Å². The van der Waals surface area contributed by atoms with Crippen molar-refractivity contribution in [1.82, 2.24) is 9.88 Å². The normalized spacial score (nSPS) is 9.61. The third-order valence-electron chi connectivity index (χ3n) is 2.31. The zero-order valence-electron chi connectivity index (χ0n) is 10.1. The van der Waals surface area contributed by atoms with Crippen LogP contribution in [0.15, 0.2) is 6.07 Å². The van der Waals surface area contributed by atoms with E-state index in [1.165, 1.54) is 11.9 Å². The Morgan fingerprint density at radius 3 is 2.83 bits per heavy atom. The van der Waals surface area contributed by atoms with Gasteiger partial charge in [0, 0.05) is 19.3 Å². The number of nitrogens with zero attached hydrogens (tertiary/aromatic N) is 2. The SMILES string of the molecule is Cc1cc(NC(=O)N(C)CCC#N)c(C(=O)O)[nH]1. The van der Waals surface area contributed by atoms with Gasteiger partial charge < -0.3 is 20.3 Å². The molecular weight excluding hydrogens is 236 g/mol. The minimum atomic E-state index is -1.14. The number of carbonyl (C=O) groups excluding carboxylic acids is 1. The fourth-order valence-corrected chi connectivity index (χ4v) is 1.39. The van der Waals surface area contributed by atoms with Gasteiger partial charge in [0.2, 0.25) is 0 Å². The highest BCUT2D eigenvalue weighted by Crippen LogP contribution is 2.17. The molecule has 96 valence electrons. The molecule has 7 heteroatoms. The van der Waals surface area contributed by atoms with Crippen molar-refractivity contribution in [1.29, 1.82) is 5.26 Å². The van der Waals surface area contributed by atoms with Crippen molar-refractivity contribution in [3.05, 3.63) is 17.5 Å². The van der Waals surface area contributed by atoms with Crippen molar-refractivity contribution in [2.75, 3.05) is 18.9 Å². The minimum absolute atomic E-state index is 0.0606. The van der Waals surface area contributed by atoms with Crippen LogP contribution in [0.5, 0.6) is 0 Å². The summed E-state index contributed by atoms with van der Waals surface area (Å²) in [6.45, 7) is 1.98. The van der Waals surface area contributed by atoms with Gasteiger partial charge >= 0.3 is 12.0 Å². The largest absolute Gasteiger partial charge is 0.477 e. The van der Waals surface area contributed by atoms with E-state index in [0.717, 1.165) is 0 Å². The molecule has 0 saturated carbocycles. The van der Waals surface area contributed by atoms with Gasteiger partial charge in [-0.1, -0.05) is 0 Å². The van der Waals surface area contributed by atoms with Crippen LogP contribution in [-0.2, 0) is 0 Å². The molecule has 1 rings (SSSR count). The molecule has 0 spiro atoms. The summed E-state index contributed by atoms with van der Waals surface area (Å²) in [4.78, 5) is 26.6. The summed E-state index contributed by atoms with van der Waals surface area (Å²) in [6, 6.07) is 3.02. The van der Waals surface area contributed by atoms with Crippen LogP contribution >= 0.6 is 0 Å². The first-order valence-electron chi connectivity index (χ1n) is 5.27. The lowest BCUT2D eigenvalue weighted by atomic mass is 10.3. The Labute approximate surface area is 104 Å². The van der Waals surface area contributed by atoms with Gasteiger partial charge in [-0.3, -0.25) is 0 Å². The van der Waals surface area contributed by atoms with Gasteiger partial charge in [-0.2, -0.15) is 5.26 Å². The zero-order chi connectivity index (χ0) is 13.7. The number of carboxylic acids is 1. The number of carboxylic acid groups (broad SMARTS) is 1. The molecule has 0 saturated heterocycles. The number of amides is 2. The van der Waals surface area contributed by atoms with Gasteiger partial charge in [-0.05, 0) is 13.0 Å². The van der Waals surface area contributed by atoms with Crippen LogP contribution in [0.3, 0.4) is 0 Å². The molecule has 2 amide bonds. The van der Waals surface area contributed by atoms with Crippen molar-refractivity contribution >= 4 is 17.7 Å². The summed E-state index contributed by atoms with van der Waals surface area (Å²) in [5.41, 5.74) is 0.797. The number of rotatable bonds is 4. The van der Waals surface area contributed by atoms with Crippen LogP contribution in [0.4, 0.5) is 10.5 Å². The van der Waals surface area contributed by atoms with Crippen molar-refractivity contribution in [3.8, 4) is 6.07 Å². The second kappa shape index (κ2) is 5.72. The molecule has 0 bridgehead atoms. The van der Waals surface area contributed by atoms with E-state index >= 15 is 0 Å². The lowest BCUT2D eigenvalue weighted by Crippen LogP contribution is -2.32. The molecule has 0 fully saturated rings. The molecule has 7 nitrogen and oxygen atoms in total. The van der Waals surface area contributed by atoms with Gasteiger partial charge in [0.15, 0.2) is 0 Å². The molecule has 18 heavy (non-hydrogen) atoms. The highest BCUT2D eigenvalue weighted by Gasteiger charge is 2.16. The maximum atomic E-state index is 11.7. The third kappa shape index (κ3) is 3.25. The Kier molecular flexibility index (Phi) is 4.32. The van der Waals surface area contributed by atoms with Gasteiger partial charge in [-0.15, -0.1) is 0 Å². The molecule has 3 N–H and O–H groups in total. The van der Waals surface area contributed by atoms with E-state index in [1.54, 1.807) is 13.0 Å². The van der Waals surface area contributed by atoms with Crippen LogP contribution in [0.25, 0.3) is 0 Å². The number of hydrogen-bond donors (Lipinski definition) is 3. The number of urea groups is 1. The van der Waals surface area contributed by atoms with Crippen molar-refractivity contribution in [3.63, 3.8) is 0 Å². The number of anilines is 1. The van der Waals surface area contributed by atoms with E-state index < -0.39 is 12.0 Å². The number of aryl methyl sites for hydroxylation is 1. The lowest BCUT2D eigenvalue weighted by Gasteiger charge is -2.15. The van der Waals surface area contributed by atoms with Crippen LogP contribution in [0.1, 0.15) is 22.6 Å². The lowest BCUT2D eigenvalue weighted by molar-refractivity contribution is 0.0692. The predicted molar refractivity (Wildman–Crippen MR) is 64.4 cm³/mol. The second-order valence-corrected chi connectivity index (χ2v) is 3.81. The molecule has 0 aromatic carbocycles. The van der Waals surface area contributed by atoms with E-state index in [-0.39, 0.29) is 24.3 Å². The number of carbonyl (C=O) groups is 2. The Bertz CT molecular complexity index is 501. The third-order valence-corrected chi connectivity index (χ3v) is 2.31. The van der Waals surface area contributed by atoms with Crippen molar-refractivity contribution in [2.24, 2.45) is 0 Å². The molecule has 0 aliphatic carbocycles. The molecule has 1 heterocycles. The first kappa shape index (κ1) is 13.6. The summed E-state index contributed by atoms with van der Waals surface area (Å²) in [6.07, 6.45) is 0.224. The number of nitriles is 1. The summed E-state index contributed by atoms with van der Waals surface area (Å²) in [5, 5.41) is 19.8. The van der Waals surface area contributed by atoms with Crippen LogP contribution in [0.2, 0.25) is 0 Å². The molecule has 0 radical (unpaired) electrons. The molecule has 1 aromatic rings. The number of H-pyrrole nitrogens is 1. The second-order valence-electron chi connectivity index (χ2n) is 3.81. The maximum Gasteiger partial charge on any atom is 0.354 e. The number of aromatic nitrogens is 1. The van der Waals surface area contributed by atoms with Gasteiger partial charge in [0.25, 0.3) is 0 Å². The van der Waals surface area contributed by atoms with Crippen molar-refractivity contribution < 1.29 is 14.7 Å². The van der Waals surface area contributed by atoms with E-state index in [0.29, 0.717) is 5.69 Å². The predicted octanol–water partition coefficient (Wildman–Crippen LogP) is 1.40. The Balaban J connectivity index is 2.76. The molecule has 0 aliphatic rings. The summed E-state index contributed by atoms with van der Waals surface area (Å²) >= 11 is 0. The quantitative estimate of drug-likeness (QED) is 0.750. The summed E-state index contributed by atoms with van der Waals surface area (Å²) in [5.74, 6) is -1.14. The standard InChI is InChI=1S/C11H14N4O3/c1-7-6-8(9(13-7)10(16)17)14-11(18)15(2)5-3-4-12/h6,13H,3,5H2,1-2H3,(H,14,18)(H,16,17). The Morgan fingerprint density at radius 1 is 1.61 bits per heavy atom. The summed E-state index contributed by atoms with van der Waals surface area (Å²) < 4.78 is 0. The molecular formula is C11H14N4O3. The average Bonchev–Trinajstić information content (AvgIpc) is 2.67. The fourth-order valence-electron chi connectivity index (χ4n) is 1.39. The Hall–Kier alpha value is -2.49. The number of aromatic carboxylic acids is 1. The number of nitrogens with one attached hydrogen (secondary N) is 2. The smallest absolute Gasteiger partial charge is 0.354 e. The minimum Gasteiger partial charge on any atom is -0.477 e. The van der Waals surface area contributed by atoms with Crippen LogP contribution in [0, 0.1) is 18.3 Å². The van der Waals surface area contributed by atoms with E-state index in [2.05, 4.69) is 10.3 Å². The first-order valence-corrected chi connectivity index (χ1v) is 5.27. The van der Waals surface area contributed by atoms with E-state index in [4.69, 9.17) is 10.4 Å². The van der Waals surface area contributed by atoms with Crippen molar-refractivity contribution in [2.45, 2.75) is 13.3 Å². The first-order chi connectivity index (χ1) is 8.45. The highest BCUT2D eigenvalue weighted by molar-refractivity contribution is 5.99. The molecule has 1 aromatic heterocycles. The molecule has 0 unspecified atom stereocenters. The zero-order valence-corrected chi connectivity index (χ0v) is 10.1. The molecule has 0 aliphatic heterocycles. The van der Waals surface area contributed by atoms with Gasteiger partial charge in [-0.25, -0.2) is 9.59 Å². The van der Waals surface area contributed by atoms with Crippen LogP contribution < -0.4 is 5.32 Å². The van der Waals surface area contributed by atoms with Crippen LogP contribution in [-0.4, -0.2) is 40.6 Å². The van der Waals surface area contributed by atoms with E-state index in [1.807, 2.05) is 6.07 Å². The number of aromatic amines is 1. The maximum absolute atomic E-state index is 11.7. The monoisotopic (exact) mass is 250 g/mol. The Morgan fingerprint density at radius 2 is 2.28 bits per heavy atom. The fraction of sp³-hybridized carbons (Fsp3) is 0.364.